The van der Waals surface area contributed by atoms with Crippen LogP contribution in [0, 0.1) is 0 Å². The van der Waals surface area contributed by atoms with Crippen molar-refractivity contribution in [3.8, 4) is 11.5 Å². The maximum atomic E-state index is 12.7. The fourth-order valence-corrected chi connectivity index (χ4v) is 3.52. The number of hydrogen-bond acceptors (Lipinski definition) is 6. The van der Waals surface area contributed by atoms with E-state index in [0.29, 0.717) is 53.3 Å². The largest absolute Gasteiger partial charge is 0.490 e. The predicted octanol–water partition coefficient (Wildman–Crippen LogP) is 5.29. The summed E-state index contributed by atoms with van der Waals surface area (Å²) in [5.74, 6) is 0.142. The summed E-state index contributed by atoms with van der Waals surface area (Å²) >= 11 is 11.4. The van der Waals surface area contributed by atoms with E-state index in [1.807, 2.05) is 6.92 Å². The number of rotatable bonds is 11. The first-order valence-corrected chi connectivity index (χ1v) is 12.4. The molecule has 0 saturated carbocycles. The Bertz CT molecular complexity index is 1220. The fraction of sp³-hybridized carbons (Fsp3) is 0.222. The van der Waals surface area contributed by atoms with Crippen molar-refractivity contribution in [1.82, 2.24) is 5.32 Å². The summed E-state index contributed by atoms with van der Waals surface area (Å²) in [6, 6.07) is 20.7. The van der Waals surface area contributed by atoms with E-state index in [-0.39, 0.29) is 11.0 Å². The number of para-hydroxylation sites is 2. The van der Waals surface area contributed by atoms with Gasteiger partial charge in [-0.3, -0.25) is 14.9 Å². The molecule has 0 saturated heterocycles. The van der Waals surface area contributed by atoms with Gasteiger partial charge in [-0.2, -0.15) is 0 Å². The molecule has 0 bridgehead atoms. The van der Waals surface area contributed by atoms with E-state index >= 15 is 0 Å². The molecule has 0 aliphatic rings. The van der Waals surface area contributed by atoms with E-state index < -0.39 is 12.0 Å². The van der Waals surface area contributed by atoms with Gasteiger partial charge in [0.15, 0.2) is 11.2 Å². The molecule has 194 valence electrons. The smallest absolute Gasteiger partial charge is 0.265 e. The van der Waals surface area contributed by atoms with Crippen LogP contribution in [0.25, 0.3) is 0 Å². The molecule has 0 aromatic heterocycles. The van der Waals surface area contributed by atoms with Gasteiger partial charge >= 0.3 is 0 Å². The van der Waals surface area contributed by atoms with Gasteiger partial charge in [0.25, 0.3) is 11.8 Å². The van der Waals surface area contributed by atoms with Crippen LogP contribution in [0.4, 0.5) is 11.4 Å². The van der Waals surface area contributed by atoms with Crippen molar-refractivity contribution in [3.63, 3.8) is 0 Å². The Labute approximate surface area is 226 Å². The zero-order chi connectivity index (χ0) is 26.6. The topological polar surface area (TPSA) is 97.9 Å². The van der Waals surface area contributed by atoms with Gasteiger partial charge in [0, 0.05) is 18.0 Å². The van der Waals surface area contributed by atoms with Crippen LogP contribution in [0.1, 0.15) is 24.2 Å². The minimum Gasteiger partial charge on any atom is -0.490 e. The van der Waals surface area contributed by atoms with E-state index in [1.54, 1.807) is 79.7 Å². The quantitative estimate of drug-likeness (QED) is 0.224. The average Bonchev–Trinajstić information content (AvgIpc) is 2.89. The Balaban J connectivity index is 1.51. The maximum absolute atomic E-state index is 12.7. The van der Waals surface area contributed by atoms with Crippen LogP contribution >= 0.6 is 23.8 Å². The standard InChI is InChI=1S/C27H28ClN3O5S/c1-3-34-16-17-35-23-10-6-4-8-21(23)26(33)31-27(37)30-20-14-12-19(13-15-20)29-25(32)18(2)36-24-11-7-5-9-22(24)28/h4-15,18H,3,16-17H2,1-2H3,(H,29,32)(H2,30,31,33,37). The number of carbonyl (C=O) groups is 2. The lowest BCUT2D eigenvalue weighted by Gasteiger charge is -2.16. The Kier molecular flexibility index (Phi) is 10.7. The van der Waals surface area contributed by atoms with Gasteiger partial charge in [0.1, 0.15) is 18.1 Å². The van der Waals surface area contributed by atoms with Crippen LogP contribution in [-0.2, 0) is 9.53 Å². The van der Waals surface area contributed by atoms with Crippen LogP contribution in [0.2, 0.25) is 5.02 Å². The Morgan fingerprint density at radius 2 is 1.51 bits per heavy atom. The molecule has 1 atom stereocenters. The summed E-state index contributed by atoms with van der Waals surface area (Å²) in [5.41, 5.74) is 1.55. The summed E-state index contributed by atoms with van der Waals surface area (Å²) < 4.78 is 16.6. The highest BCUT2D eigenvalue weighted by Crippen LogP contribution is 2.24. The average molecular weight is 542 g/mol. The minimum atomic E-state index is -0.758. The van der Waals surface area contributed by atoms with Crippen molar-refractivity contribution < 1.29 is 23.8 Å². The van der Waals surface area contributed by atoms with Crippen LogP contribution in [-0.4, -0.2) is 42.9 Å². The van der Waals surface area contributed by atoms with E-state index in [1.165, 1.54) is 0 Å². The highest BCUT2D eigenvalue weighted by atomic mass is 35.5. The number of benzene rings is 3. The number of nitrogens with one attached hydrogen (secondary N) is 3. The molecule has 10 heteroatoms. The molecule has 0 heterocycles. The van der Waals surface area contributed by atoms with Gasteiger partial charge in [-0.1, -0.05) is 35.9 Å². The van der Waals surface area contributed by atoms with Crippen molar-refractivity contribution in [1.29, 1.82) is 0 Å². The number of amides is 2. The molecule has 3 aromatic rings. The highest BCUT2D eigenvalue weighted by molar-refractivity contribution is 7.80. The molecule has 0 aliphatic carbocycles. The van der Waals surface area contributed by atoms with Crippen molar-refractivity contribution >= 4 is 52.1 Å². The molecular formula is C27H28ClN3O5S. The minimum absolute atomic E-state index is 0.118. The third-order valence-corrected chi connectivity index (χ3v) is 5.48. The summed E-state index contributed by atoms with van der Waals surface area (Å²) in [5, 5.41) is 8.93. The first kappa shape index (κ1) is 27.9. The van der Waals surface area contributed by atoms with Gasteiger partial charge in [0.2, 0.25) is 0 Å². The van der Waals surface area contributed by atoms with Crippen molar-refractivity contribution in [2.75, 3.05) is 30.5 Å². The molecule has 0 fully saturated rings. The van der Waals surface area contributed by atoms with Crippen LogP contribution in [0.3, 0.4) is 0 Å². The van der Waals surface area contributed by atoms with Gasteiger partial charge < -0.3 is 24.8 Å². The molecule has 2 amide bonds. The van der Waals surface area contributed by atoms with E-state index in [2.05, 4.69) is 16.0 Å². The zero-order valence-corrected chi connectivity index (χ0v) is 22.0. The number of ether oxygens (including phenoxy) is 3. The van der Waals surface area contributed by atoms with Gasteiger partial charge in [-0.25, -0.2) is 0 Å². The second-order valence-electron chi connectivity index (χ2n) is 7.71. The van der Waals surface area contributed by atoms with Gasteiger partial charge in [-0.15, -0.1) is 0 Å². The molecule has 37 heavy (non-hydrogen) atoms. The molecule has 0 radical (unpaired) electrons. The molecule has 0 spiro atoms. The molecule has 0 aliphatic heterocycles. The lowest BCUT2D eigenvalue weighted by molar-refractivity contribution is -0.122. The zero-order valence-electron chi connectivity index (χ0n) is 20.5. The second kappa shape index (κ2) is 14.2. The third kappa shape index (κ3) is 8.75. The first-order chi connectivity index (χ1) is 17.9. The van der Waals surface area contributed by atoms with Crippen molar-refractivity contribution in [2.24, 2.45) is 0 Å². The monoisotopic (exact) mass is 541 g/mol. The van der Waals surface area contributed by atoms with E-state index in [4.69, 9.17) is 38.0 Å². The number of halogens is 1. The SMILES string of the molecule is CCOCCOc1ccccc1C(=O)NC(=S)Nc1ccc(NC(=O)C(C)Oc2ccccc2Cl)cc1. The summed E-state index contributed by atoms with van der Waals surface area (Å²) in [6.45, 7) is 4.89. The Morgan fingerprint density at radius 3 is 2.19 bits per heavy atom. The maximum Gasteiger partial charge on any atom is 0.265 e. The molecule has 8 nitrogen and oxygen atoms in total. The summed E-state index contributed by atoms with van der Waals surface area (Å²) in [6.07, 6.45) is -0.758. The molecular weight excluding hydrogens is 514 g/mol. The van der Waals surface area contributed by atoms with Crippen molar-refractivity contribution in [2.45, 2.75) is 20.0 Å². The van der Waals surface area contributed by atoms with Crippen LogP contribution < -0.4 is 25.4 Å². The Morgan fingerprint density at radius 1 is 0.892 bits per heavy atom. The van der Waals surface area contributed by atoms with Gasteiger partial charge in [0.05, 0.1) is 17.2 Å². The van der Waals surface area contributed by atoms with Crippen LogP contribution in [0.5, 0.6) is 11.5 Å². The van der Waals surface area contributed by atoms with Crippen LogP contribution in [0.15, 0.2) is 72.8 Å². The lowest BCUT2D eigenvalue weighted by atomic mass is 10.2. The Hall–Kier alpha value is -3.66. The molecule has 3 N–H and O–H groups in total. The first-order valence-electron chi connectivity index (χ1n) is 11.6. The molecule has 3 rings (SSSR count). The number of carbonyl (C=O) groups excluding carboxylic acids is 2. The summed E-state index contributed by atoms with van der Waals surface area (Å²) in [4.78, 5) is 25.2. The van der Waals surface area contributed by atoms with Crippen molar-refractivity contribution in [3.05, 3.63) is 83.4 Å². The summed E-state index contributed by atoms with van der Waals surface area (Å²) in [7, 11) is 0. The number of hydrogen-bond donors (Lipinski definition) is 3. The normalized spacial score (nSPS) is 11.2. The molecule has 1 unspecified atom stereocenters. The molecule has 3 aromatic carbocycles. The predicted molar refractivity (Wildman–Crippen MR) is 149 cm³/mol. The third-order valence-electron chi connectivity index (χ3n) is 4.97. The lowest BCUT2D eigenvalue weighted by Crippen LogP contribution is -2.34. The van der Waals surface area contributed by atoms with Gasteiger partial charge in [-0.05, 0) is 74.6 Å². The fourth-order valence-electron chi connectivity index (χ4n) is 3.13. The number of anilines is 2. The second-order valence-corrected chi connectivity index (χ2v) is 8.52. The highest BCUT2D eigenvalue weighted by Gasteiger charge is 2.17. The van der Waals surface area contributed by atoms with E-state index in [0.717, 1.165) is 0 Å². The number of thiocarbonyl (C=S) groups is 1. The van der Waals surface area contributed by atoms with E-state index in [9.17, 15) is 9.59 Å².